The maximum Gasteiger partial charge on any atom is 0.128 e. The van der Waals surface area contributed by atoms with E-state index in [-0.39, 0.29) is 0 Å². The zero-order chi connectivity index (χ0) is 12.3. The van der Waals surface area contributed by atoms with Crippen molar-refractivity contribution in [3.05, 3.63) is 47.5 Å². The quantitative estimate of drug-likeness (QED) is 0.873. The molecule has 0 bridgehead atoms. The standard InChI is InChI=1S/C14H19N3/c1-4-17-6-5-15-14(17)10-16-13-8-11(2)7-12(3)9-13/h5-9,16H,4,10H2,1-3H3. The minimum absolute atomic E-state index is 0.768. The third-order valence-electron chi connectivity index (χ3n) is 2.81. The molecule has 3 nitrogen and oxygen atoms in total. The molecule has 0 aliphatic heterocycles. The van der Waals surface area contributed by atoms with E-state index in [4.69, 9.17) is 0 Å². The highest BCUT2D eigenvalue weighted by molar-refractivity contribution is 5.48. The Labute approximate surface area is 103 Å². The van der Waals surface area contributed by atoms with Crippen molar-refractivity contribution in [3.8, 4) is 0 Å². The van der Waals surface area contributed by atoms with E-state index in [1.165, 1.54) is 11.1 Å². The molecule has 0 aliphatic rings. The summed E-state index contributed by atoms with van der Waals surface area (Å²) in [6.45, 7) is 8.09. The van der Waals surface area contributed by atoms with Crippen molar-refractivity contribution < 1.29 is 0 Å². The van der Waals surface area contributed by atoms with E-state index in [9.17, 15) is 0 Å². The lowest BCUT2D eigenvalue weighted by Crippen LogP contribution is -2.07. The molecule has 17 heavy (non-hydrogen) atoms. The fourth-order valence-corrected chi connectivity index (χ4v) is 2.05. The third-order valence-corrected chi connectivity index (χ3v) is 2.81. The number of nitrogens with one attached hydrogen (secondary N) is 1. The molecule has 0 radical (unpaired) electrons. The molecule has 0 saturated heterocycles. The van der Waals surface area contributed by atoms with Crippen molar-refractivity contribution in [1.82, 2.24) is 9.55 Å². The van der Waals surface area contributed by atoms with Crippen LogP contribution in [0.2, 0.25) is 0 Å². The van der Waals surface area contributed by atoms with Crippen LogP contribution in [-0.2, 0) is 13.1 Å². The van der Waals surface area contributed by atoms with E-state index in [0.29, 0.717) is 0 Å². The molecule has 1 aromatic heterocycles. The molecule has 0 amide bonds. The Bertz CT molecular complexity index is 480. The summed E-state index contributed by atoms with van der Waals surface area (Å²) in [5.74, 6) is 1.08. The van der Waals surface area contributed by atoms with Gasteiger partial charge in [0, 0.05) is 24.6 Å². The molecule has 0 fully saturated rings. The van der Waals surface area contributed by atoms with Crippen LogP contribution in [0.3, 0.4) is 0 Å². The first-order valence-corrected chi connectivity index (χ1v) is 6.01. The van der Waals surface area contributed by atoms with Gasteiger partial charge in [-0.2, -0.15) is 0 Å². The second kappa shape index (κ2) is 5.04. The second-order valence-electron chi connectivity index (χ2n) is 4.36. The maximum atomic E-state index is 4.35. The Morgan fingerprint density at radius 2 is 1.88 bits per heavy atom. The molecule has 2 rings (SSSR count). The van der Waals surface area contributed by atoms with E-state index >= 15 is 0 Å². The van der Waals surface area contributed by atoms with Crippen molar-refractivity contribution in [1.29, 1.82) is 0 Å². The number of rotatable bonds is 4. The first kappa shape index (κ1) is 11.7. The Balaban J connectivity index is 2.07. The number of nitrogens with zero attached hydrogens (tertiary/aromatic N) is 2. The van der Waals surface area contributed by atoms with Crippen molar-refractivity contribution in [3.63, 3.8) is 0 Å². The molecule has 0 unspecified atom stereocenters. The first-order chi connectivity index (χ1) is 8.19. The number of imidazole rings is 1. The molecule has 0 aliphatic carbocycles. The average molecular weight is 229 g/mol. The Morgan fingerprint density at radius 1 is 1.18 bits per heavy atom. The number of aryl methyl sites for hydroxylation is 3. The Kier molecular flexibility index (Phi) is 3.47. The fraction of sp³-hybridized carbons (Fsp3) is 0.357. The van der Waals surface area contributed by atoms with Crippen LogP contribution in [-0.4, -0.2) is 9.55 Å². The summed E-state index contributed by atoms with van der Waals surface area (Å²) < 4.78 is 2.15. The normalized spacial score (nSPS) is 10.5. The van der Waals surface area contributed by atoms with Gasteiger partial charge in [-0.3, -0.25) is 0 Å². The first-order valence-electron chi connectivity index (χ1n) is 6.01. The van der Waals surface area contributed by atoms with Gasteiger partial charge in [-0.25, -0.2) is 4.98 Å². The van der Waals surface area contributed by atoms with Gasteiger partial charge in [-0.1, -0.05) is 6.07 Å². The number of hydrogen-bond donors (Lipinski definition) is 1. The predicted molar refractivity (Wildman–Crippen MR) is 71.1 cm³/mol. The number of hydrogen-bond acceptors (Lipinski definition) is 2. The summed E-state index contributed by atoms with van der Waals surface area (Å²) in [7, 11) is 0. The molecule has 0 spiro atoms. The second-order valence-corrected chi connectivity index (χ2v) is 4.36. The van der Waals surface area contributed by atoms with Crippen LogP contribution in [0.1, 0.15) is 23.9 Å². The maximum absolute atomic E-state index is 4.35. The zero-order valence-electron chi connectivity index (χ0n) is 10.7. The topological polar surface area (TPSA) is 29.9 Å². The molecule has 1 aromatic carbocycles. The van der Waals surface area contributed by atoms with Crippen LogP contribution in [0.15, 0.2) is 30.6 Å². The molecule has 90 valence electrons. The molecule has 0 atom stereocenters. The van der Waals surface area contributed by atoms with Crippen molar-refractivity contribution in [2.24, 2.45) is 0 Å². The van der Waals surface area contributed by atoms with Crippen LogP contribution < -0.4 is 5.32 Å². The van der Waals surface area contributed by atoms with Gasteiger partial charge in [0.15, 0.2) is 0 Å². The highest BCUT2D eigenvalue weighted by Crippen LogP contribution is 2.14. The smallest absolute Gasteiger partial charge is 0.128 e. The average Bonchev–Trinajstić information content (AvgIpc) is 2.72. The molecular weight excluding hydrogens is 210 g/mol. The SMILES string of the molecule is CCn1ccnc1CNc1cc(C)cc(C)c1. The number of anilines is 1. The Hall–Kier alpha value is -1.77. The summed E-state index contributed by atoms with van der Waals surface area (Å²) in [6.07, 6.45) is 3.86. The summed E-state index contributed by atoms with van der Waals surface area (Å²) in [5, 5.41) is 3.42. The van der Waals surface area contributed by atoms with E-state index in [1.54, 1.807) is 0 Å². The van der Waals surface area contributed by atoms with Crippen LogP contribution in [0.4, 0.5) is 5.69 Å². The van der Waals surface area contributed by atoms with Crippen LogP contribution in [0.5, 0.6) is 0 Å². The fourth-order valence-electron chi connectivity index (χ4n) is 2.05. The molecule has 1 heterocycles. The van der Waals surface area contributed by atoms with Crippen LogP contribution in [0, 0.1) is 13.8 Å². The summed E-state index contributed by atoms with van der Waals surface area (Å²) in [6, 6.07) is 6.50. The van der Waals surface area contributed by atoms with Crippen molar-refractivity contribution in [2.75, 3.05) is 5.32 Å². The van der Waals surface area contributed by atoms with Gasteiger partial charge < -0.3 is 9.88 Å². The van der Waals surface area contributed by atoms with E-state index in [2.05, 4.69) is 53.8 Å². The lowest BCUT2D eigenvalue weighted by Gasteiger charge is -2.09. The monoisotopic (exact) mass is 229 g/mol. The summed E-state index contributed by atoms with van der Waals surface area (Å²) in [4.78, 5) is 4.35. The minimum atomic E-state index is 0.768. The van der Waals surface area contributed by atoms with Crippen LogP contribution >= 0.6 is 0 Å². The number of aromatic nitrogens is 2. The third kappa shape index (κ3) is 2.87. The van der Waals surface area contributed by atoms with Gasteiger partial charge in [0.25, 0.3) is 0 Å². The molecule has 3 heteroatoms. The molecule has 1 N–H and O–H groups in total. The highest BCUT2D eigenvalue weighted by atomic mass is 15.1. The highest BCUT2D eigenvalue weighted by Gasteiger charge is 2.01. The largest absolute Gasteiger partial charge is 0.378 e. The molecular formula is C14H19N3. The Morgan fingerprint density at radius 3 is 2.53 bits per heavy atom. The van der Waals surface area contributed by atoms with Gasteiger partial charge in [-0.05, 0) is 44.0 Å². The zero-order valence-corrected chi connectivity index (χ0v) is 10.7. The van der Waals surface area contributed by atoms with Gasteiger partial charge >= 0.3 is 0 Å². The predicted octanol–water partition coefficient (Wildman–Crippen LogP) is 3.13. The lowest BCUT2D eigenvalue weighted by molar-refractivity contribution is 0.708. The summed E-state index contributed by atoms with van der Waals surface area (Å²) >= 11 is 0. The van der Waals surface area contributed by atoms with E-state index in [1.807, 2.05) is 12.4 Å². The minimum Gasteiger partial charge on any atom is -0.378 e. The molecule has 2 aromatic rings. The van der Waals surface area contributed by atoms with Gasteiger partial charge in [0.1, 0.15) is 5.82 Å². The van der Waals surface area contributed by atoms with Crippen LogP contribution in [0.25, 0.3) is 0 Å². The lowest BCUT2D eigenvalue weighted by atomic mass is 10.1. The molecule has 0 saturated carbocycles. The summed E-state index contributed by atoms with van der Waals surface area (Å²) in [5.41, 5.74) is 3.73. The van der Waals surface area contributed by atoms with E-state index < -0.39 is 0 Å². The van der Waals surface area contributed by atoms with E-state index in [0.717, 1.165) is 24.6 Å². The van der Waals surface area contributed by atoms with Gasteiger partial charge in [0.05, 0.1) is 6.54 Å². The van der Waals surface area contributed by atoms with Gasteiger partial charge in [-0.15, -0.1) is 0 Å². The van der Waals surface area contributed by atoms with Crippen molar-refractivity contribution in [2.45, 2.75) is 33.9 Å². The number of benzene rings is 1. The van der Waals surface area contributed by atoms with Gasteiger partial charge in [0.2, 0.25) is 0 Å². The van der Waals surface area contributed by atoms with Crippen molar-refractivity contribution >= 4 is 5.69 Å².